The molecule has 0 atom stereocenters. The first-order chi connectivity index (χ1) is 8.66. The summed E-state index contributed by atoms with van der Waals surface area (Å²) in [4.78, 5) is 0. The second-order valence-electron chi connectivity index (χ2n) is 4.13. The van der Waals surface area contributed by atoms with Crippen molar-refractivity contribution in [2.24, 2.45) is 0 Å². The minimum atomic E-state index is 0.713. The van der Waals surface area contributed by atoms with E-state index in [9.17, 15) is 0 Å². The molecule has 0 N–H and O–H groups in total. The highest BCUT2D eigenvalue weighted by atomic mass is 79.9. The molecule has 18 heavy (non-hydrogen) atoms. The predicted molar refractivity (Wildman–Crippen MR) is 78.1 cm³/mol. The van der Waals surface area contributed by atoms with Gasteiger partial charge < -0.3 is 0 Å². The summed E-state index contributed by atoms with van der Waals surface area (Å²) in [5, 5.41) is 5.31. The highest BCUT2D eigenvalue weighted by molar-refractivity contribution is 9.10. The summed E-state index contributed by atoms with van der Waals surface area (Å²) in [5.74, 6) is 0. The Kier molecular flexibility index (Phi) is 2.88. The van der Waals surface area contributed by atoms with Gasteiger partial charge in [0.15, 0.2) is 0 Å². The smallest absolute Gasteiger partial charge is 0.0978 e. The number of benzene rings is 1. The van der Waals surface area contributed by atoms with E-state index in [2.05, 4.69) is 34.0 Å². The largest absolute Gasteiger partial charge is 0.240 e. The third-order valence-electron chi connectivity index (χ3n) is 2.97. The number of nitrogens with zero attached hydrogens (tertiary/aromatic N) is 2. The summed E-state index contributed by atoms with van der Waals surface area (Å²) in [7, 11) is 0. The van der Waals surface area contributed by atoms with Crippen molar-refractivity contribution in [1.82, 2.24) is 9.61 Å². The summed E-state index contributed by atoms with van der Waals surface area (Å²) >= 11 is 9.73. The van der Waals surface area contributed by atoms with Crippen molar-refractivity contribution in [3.05, 3.63) is 57.7 Å². The van der Waals surface area contributed by atoms with Crippen LogP contribution in [0.4, 0.5) is 0 Å². The number of halogens is 2. The molecule has 0 bridgehead atoms. The number of fused-ring (bicyclic) bond motifs is 1. The van der Waals surface area contributed by atoms with Gasteiger partial charge in [0.25, 0.3) is 0 Å². The standard InChI is InChI=1S/C14H10BrClN2/c1-9-13-4-2-3-7-18(13)17-14(9)11-8-10(15)5-6-12(11)16/h2-8H,1H3. The maximum atomic E-state index is 6.26. The maximum Gasteiger partial charge on any atom is 0.0978 e. The van der Waals surface area contributed by atoms with Crippen LogP contribution in [0.3, 0.4) is 0 Å². The highest BCUT2D eigenvalue weighted by Gasteiger charge is 2.13. The molecule has 0 aliphatic heterocycles. The van der Waals surface area contributed by atoms with Crippen molar-refractivity contribution in [2.75, 3.05) is 0 Å². The summed E-state index contributed by atoms with van der Waals surface area (Å²) in [6.07, 6.45) is 1.94. The molecule has 0 aliphatic carbocycles. The van der Waals surface area contributed by atoms with Crippen LogP contribution in [0.1, 0.15) is 5.56 Å². The zero-order valence-electron chi connectivity index (χ0n) is 9.69. The van der Waals surface area contributed by atoms with E-state index in [1.54, 1.807) is 0 Å². The van der Waals surface area contributed by atoms with Crippen LogP contribution in [-0.4, -0.2) is 9.61 Å². The molecule has 0 amide bonds. The van der Waals surface area contributed by atoms with Crippen molar-refractivity contribution >= 4 is 33.0 Å². The predicted octanol–water partition coefficient (Wildman–Crippen LogP) is 4.73. The lowest BCUT2D eigenvalue weighted by Crippen LogP contribution is -1.85. The topological polar surface area (TPSA) is 17.3 Å². The first-order valence-electron chi connectivity index (χ1n) is 5.56. The van der Waals surface area contributed by atoms with E-state index in [4.69, 9.17) is 11.6 Å². The van der Waals surface area contributed by atoms with Crippen LogP contribution >= 0.6 is 27.5 Å². The lowest BCUT2D eigenvalue weighted by molar-refractivity contribution is 0.966. The normalized spacial score (nSPS) is 11.1. The molecule has 1 aromatic carbocycles. The second-order valence-corrected chi connectivity index (χ2v) is 5.45. The Bertz CT molecular complexity index is 734. The van der Waals surface area contributed by atoms with Crippen LogP contribution < -0.4 is 0 Å². The van der Waals surface area contributed by atoms with Gasteiger partial charge in [-0.05, 0) is 37.3 Å². The molecule has 0 spiro atoms. The van der Waals surface area contributed by atoms with Crippen molar-refractivity contribution in [1.29, 1.82) is 0 Å². The fourth-order valence-electron chi connectivity index (χ4n) is 2.06. The van der Waals surface area contributed by atoms with Crippen molar-refractivity contribution in [3.8, 4) is 11.3 Å². The third kappa shape index (κ3) is 1.84. The molecule has 0 fully saturated rings. The Morgan fingerprint density at radius 2 is 2.06 bits per heavy atom. The molecule has 3 rings (SSSR count). The van der Waals surface area contributed by atoms with Crippen LogP contribution in [0.25, 0.3) is 16.8 Å². The van der Waals surface area contributed by atoms with Gasteiger partial charge in [-0.25, -0.2) is 4.52 Å². The molecule has 2 aromatic heterocycles. The van der Waals surface area contributed by atoms with E-state index in [0.29, 0.717) is 5.02 Å². The molecule has 0 aliphatic rings. The van der Waals surface area contributed by atoms with Crippen LogP contribution in [0.5, 0.6) is 0 Å². The van der Waals surface area contributed by atoms with E-state index in [1.807, 2.05) is 41.0 Å². The summed E-state index contributed by atoms with van der Waals surface area (Å²) < 4.78 is 2.88. The average Bonchev–Trinajstić information content (AvgIpc) is 2.71. The first kappa shape index (κ1) is 11.8. The number of aromatic nitrogens is 2. The minimum Gasteiger partial charge on any atom is -0.240 e. The van der Waals surface area contributed by atoms with Crippen LogP contribution in [0, 0.1) is 6.92 Å². The van der Waals surface area contributed by atoms with E-state index in [1.165, 1.54) is 0 Å². The van der Waals surface area contributed by atoms with Crippen molar-refractivity contribution in [3.63, 3.8) is 0 Å². The van der Waals surface area contributed by atoms with Gasteiger partial charge in [0.1, 0.15) is 0 Å². The van der Waals surface area contributed by atoms with Gasteiger partial charge >= 0.3 is 0 Å². The molecular formula is C14H10BrClN2. The van der Waals surface area contributed by atoms with Gasteiger partial charge in [-0.3, -0.25) is 0 Å². The zero-order valence-corrected chi connectivity index (χ0v) is 12.0. The Labute approximate surface area is 118 Å². The van der Waals surface area contributed by atoms with Crippen molar-refractivity contribution < 1.29 is 0 Å². The quantitative estimate of drug-likeness (QED) is 0.633. The van der Waals surface area contributed by atoms with Crippen LogP contribution in [-0.2, 0) is 0 Å². The Hall–Kier alpha value is -1.32. The Morgan fingerprint density at radius 1 is 1.22 bits per heavy atom. The lowest BCUT2D eigenvalue weighted by Gasteiger charge is -2.02. The molecule has 0 saturated carbocycles. The van der Waals surface area contributed by atoms with E-state index in [0.717, 1.165) is 26.8 Å². The monoisotopic (exact) mass is 320 g/mol. The Balaban J connectivity index is 2.31. The SMILES string of the molecule is Cc1c(-c2cc(Br)ccc2Cl)nn2ccccc12. The summed E-state index contributed by atoms with van der Waals surface area (Å²) in [6, 6.07) is 11.8. The maximum absolute atomic E-state index is 6.26. The molecule has 3 aromatic rings. The molecular weight excluding hydrogens is 312 g/mol. The number of hydrogen-bond acceptors (Lipinski definition) is 1. The van der Waals surface area contributed by atoms with Gasteiger partial charge in [0.2, 0.25) is 0 Å². The number of hydrogen-bond donors (Lipinski definition) is 0. The number of aryl methyl sites for hydroxylation is 1. The summed E-state index contributed by atoms with van der Waals surface area (Å²) in [5.41, 5.74) is 4.11. The average molecular weight is 322 g/mol. The lowest BCUT2D eigenvalue weighted by atomic mass is 10.1. The third-order valence-corrected chi connectivity index (χ3v) is 3.79. The van der Waals surface area contributed by atoms with E-state index in [-0.39, 0.29) is 0 Å². The molecule has 4 heteroatoms. The molecule has 2 heterocycles. The minimum absolute atomic E-state index is 0.713. The van der Waals surface area contributed by atoms with Gasteiger partial charge in [-0.2, -0.15) is 5.10 Å². The number of rotatable bonds is 1. The zero-order chi connectivity index (χ0) is 12.7. The molecule has 90 valence electrons. The van der Waals surface area contributed by atoms with Crippen molar-refractivity contribution in [2.45, 2.75) is 6.92 Å². The number of pyridine rings is 1. The van der Waals surface area contributed by atoms with E-state index >= 15 is 0 Å². The molecule has 0 saturated heterocycles. The highest BCUT2D eigenvalue weighted by Crippen LogP contribution is 2.33. The molecule has 0 radical (unpaired) electrons. The second kappa shape index (κ2) is 4.41. The molecule has 2 nitrogen and oxygen atoms in total. The summed E-state index contributed by atoms with van der Waals surface area (Å²) in [6.45, 7) is 2.06. The first-order valence-corrected chi connectivity index (χ1v) is 6.73. The van der Waals surface area contributed by atoms with Crippen LogP contribution in [0.2, 0.25) is 5.02 Å². The molecule has 0 unspecified atom stereocenters. The fourth-order valence-corrected chi connectivity index (χ4v) is 2.63. The van der Waals surface area contributed by atoms with Gasteiger partial charge in [0, 0.05) is 21.8 Å². The fraction of sp³-hybridized carbons (Fsp3) is 0.0714. The van der Waals surface area contributed by atoms with Crippen LogP contribution in [0.15, 0.2) is 47.1 Å². The van der Waals surface area contributed by atoms with Gasteiger partial charge in [-0.15, -0.1) is 0 Å². The Morgan fingerprint density at radius 3 is 2.83 bits per heavy atom. The van der Waals surface area contributed by atoms with Gasteiger partial charge in [0.05, 0.1) is 16.2 Å². The van der Waals surface area contributed by atoms with Gasteiger partial charge in [-0.1, -0.05) is 33.6 Å². The van der Waals surface area contributed by atoms with E-state index < -0.39 is 0 Å².